The molecule has 2 N–H and O–H groups in total. The Bertz CT molecular complexity index is 913. The Balaban J connectivity index is 1.92. The van der Waals surface area contributed by atoms with Gasteiger partial charge in [0, 0.05) is 34.2 Å². The lowest BCUT2D eigenvalue weighted by Crippen LogP contribution is -2.48. The number of urea groups is 1. The smallest absolute Gasteiger partial charge is 0.338 e. The van der Waals surface area contributed by atoms with Crippen LogP contribution >= 0.6 is 22.9 Å². The van der Waals surface area contributed by atoms with Crippen LogP contribution in [0.2, 0.25) is 5.02 Å². The van der Waals surface area contributed by atoms with Crippen LogP contribution in [0.3, 0.4) is 0 Å². The molecule has 29 heavy (non-hydrogen) atoms. The summed E-state index contributed by atoms with van der Waals surface area (Å²) in [4.78, 5) is 27.5. The lowest BCUT2D eigenvalue weighted by molar-refractivity contribution is -0.139. The third-order valence-corrected chi connectivity index (χ3v) is 5.69. The number of benzene rings is 1. The van der Waals surface area contributed by atoms with Gasteiger partial charge in [0.05, 0.1) is 18.2 Å². The van der Waals surface area contributed by atoms with Gasteiger partial charge in [0.1, 0.15) is 5.82 Å². The highest BCUT2D eigenvalue weighted by Crippen LogP contribution is 2.31. The Morgan fingerprint density at radius 3 is 2.76 bits per heavy atom. The van der Waals surface area contributed by atoms with Gasteiger partial charge in [-0.1, -0.05) is 23.7 Å². The molecule has 1 aliphatic heterocycles. The van der Waals surface area contributed by atoms with Crippen LogP contribution in [0, 0.1) is 5.82 Å². The van der Waals surface area contributed by atoms with Crippen LogP contribution in [0.5, 0.6) is 0 Å². The average molecular weight is 438 g/mol. The topological polar surface area (TPSA) is 70.7 Å². The summed E-state index contributed by atoms with van der Waals surface area (Å²) in [5.41, 5.74) is 1.10. The SMILES string of the molecule is CCOC(=O)C1=C(CN(C)Cc2c(F)cccc2Cl)NC(=O)N[C@@H]1c1cccs1. The summed E-state index contributed by atoms with van der Waals surface area (Å²) in [6.45, 7) is 2.34. The first-order valence-corrected chi connectivity index (χ1v) is 10.3. The summed E-state index contributed by atoms with van der Waals surface area (Å²) < 4.78 is 19.4. The Labute approximate surface area is 177 Å². The van der Waals surface area contributed by atoms with Crippen molar-refractivity contribution in [3.8, 4) is 0 Å². The lowest BCUT2D eigenvalue weighted by Gasteiger charge is -2.30. The van der Waals surface area contributed by atoms with Gasteiger partial charge >= 0.3 is 12.0 Å². The summed E-state index contributed by atoms with van der Waals surface area (Å²) in [6, 6.07) is 7.19. The Morgan fingerprint density at radius 1 is 1.31 bits per heavy atom. The number of esters is 1. The van der Waals surface area contributed by atoms with Crippen molar-refractivity contribution < 1.29 is 18.7 Å². The van der Waals surface area contributed by atoms with Crippen molar-refractivity contribution in [2.45, 2.75) is 19.5 Å². The standard InChI is InChI=1S/C20H21ClFN3O3S/c1-3-28-19(26)17-15(23-20(27)24-18(17)16-8-5-9-29-16)11-25(2)10-12-13(21)6-4-7-14(12)22/h4-9,18H,3,10-11H2,1-2H3,(H2,23,24,27)/t18-/m1/s1. The van der Waals surface area contributed by atoms with Crippen LogP contribution in [0.4, 0.5) is 9.18 Å². The number of ether oxygens (including phenoxy) is 1. The van der Waals surface area contributed by atoms with E-state index in [0.29, 0.717) is 21.9 Å². The van der Waals surface area contributed by atoms with Crippen molar-refractivity contribution in [1.29, 1.82) is 0 Å². The fraction of sp³-hybridized carbons (Fsp3) is 0.300. The highest BCUT2D eigenvalue weighted by molar-refractivity contribution is 7.10. The molecule has 0 saturated carbocycles. The van der Waals surface area contributed by atoms with Crippen molar-refractivity contribution in [1.82, 2.24) is 15.5 Å². The fourth-order valence-corrected chi connectivity index (χ4v) is 4.15. The second kappa shape index (κ2) is 9.39. The summed E-state index contributed by atoms with van der Waals surface area (Å²) in [6.07, 6.45) is 0. The van der Waals surface area contributed by atoms with E-state index in [1.165, 1.54) is 17.4 Å². The van der Waals surface area contributed by atoms with Crippen LogP contribution in [0.25, 0.3) is 0 Å². The second-order valence-corrected chi connectivity index (χ2v) is 7.92. The number of hydrogen-bond donors (Lipinski definition) is 2. The first-order valence-electron chi connectivity index (χ1n) is 9.03. The van der Waals surface area contributed by atoms with Crippen LogP contribution in [0.1, 0.15) is 23.4 Å². The van der Waals surface area contributed by atoms with Crippen molar-refractivity contribution in [3.63, 3.8) is 0 Å². The van der Waals surface area contributed by atoms with Gasteiger partial charge in [0.25, 0.3) is 0 Å². The lowest BCUT2D eigenvalue weighted by atomic mass is 10.0. The predicted octanol–water partition coefficient (Wildman–Crippen LogP) is 3.84. The molecule has 2 aromatic rings. The first kappa shape index (κ1) is 21.3. The van der Waals surface area contributed by atoms with Gasteiger partial charge in [-0.25, -0.2) is 14.0 Å². The monoisotopic (exact) mass is 437 g/mol. The minimum Gasteiger partial charge on any atom is -0.463 e. The zero-order valence-corrected chi connectivity index (χ0v) is 17.6. The van der Waals surface area contributed by atoms with E-state index >= 15 is 0 Å². The molecule has 1 aromatic carbocycles. The molecular weight excluding hydrogens is 417 g/mol. The number of nitrogens with one attached hydrogen (secondary N) is 2. The molecule has 9 heteroatoms. The van der Waals surface area contributed by atoms with Crippen LogP contribution in [-0.4, -0.2) is 37.1 Å². The van der Waals surface area contributed by atoms with E-state index in [1.54, 1.807) is 31.0 Å². The quantitative estimate of drug-likeness (QED) is 0.645. The van der Waals surface area contributed by atoms with Crippen molar-refractivity contribution in [2.24, 2.45) is 0 Å². The third kappa shape index (κ3) is 4.95. The van der Waals surface area contributed by atoms with Gasteiger partial charge < -0.3 is 15.4 Å². The molecule has 0 saturated heterocycles. The number of amides is 2. The van der Waals surface area contributed by atoms with Gasteiger partial charge in [-0.3, -0.25) is 4.90 Å². The minimum absolute atomic E-state index is 0.202. The fourth-order valence-electron chi connectivity index (χ4n) is 3.14. The number of nitrogens with zero attached hydrogens (tertiary/aromatic N) is 1. The first-order chi connectivity index (χ1) is 13.9. The molecule has 1 atom stereocenters. The number of thiophene rings is 1. The largest absolute Gasteiger partial charge is 0.463 e. The van der Waals surface area contributed by atoms with Gasteiger partial charge in [0.2, 0.25) is 0 Å². The predicted molar refractivity (Wildman–Crippen MR) is 110 cm³/mol. The number of hydrogen-bond acceptors (Lipinski definition) is 5. The second-order valence-electron chi connectivity index (χ2n) is 6.53. The van der Waals surface area contributed by atoms with E-state index in [1.807, 2.05) is 17.5 Å². The maximum Gasteiger partial charge on any atom is 0.338 e. The van der Waals surface area contributed by atoms with Gasteiger partial charge in [-0.15, -0.1) is 11.3 Å². The van der Waals surface area contributed by atoms with E-state index in [-0.39, 0.29) is 19.7 Å². The van der Waals surface area contributed by atoms with Crippen LogP contribution in [0.15, 0.2) is 47.0 Å². The molecule has 0 fully saturated rings. The number of halogens is 2. The van der Waals surface area contributed by atoms with E-state index in [9.17, 15) is 14.0 Å². The summed E-state index contributed by atoms with van der Waals surface area (Å²) >= 11 is 7.55. The molecule has 2 amide bonds. The molecular formula is C20H21ClFN3O3S. The molecule has 154 valence electrons. The van der Waals surface area contributed by atoms with Crippen LogP contribution in [-0.2, 0) is 16.1 Å². The molecule has 0 spiro atoms. The minimum atomic E-state index is -0.608. The van der Waals surface area contributed by atoms with Crippen molar-refractivity contribution in [2.75, 3.05) is 20.2 Å². The average Bonchev–Trinajstić information content (AvgIpc) is 3.19. The van der Waals surface area contributed by atoms with Crippen molar-refractivity contribution in [3.05, 3.63) is 68.3 Å². The van der Waals surface area contributed by atoms with Crippen LogP contribution < -0.4 is 10.6 Å². The summed E-state index contributed by atoms with van der Waals surface area (Å²) in [5, 5.41) is 7.68. The number of rotatable bonds is 7. The van der Waals surface area contributed by atoms with Gasteiger partial charge in [-0.05, 0) is 37.6 Å². The number of carbonyl (C=O) groups excluding carboxylic acids is 2. The maximum atomic E-state index is 14.1. The zero-order chi connectivity index (χ0) is 21.0. The molecule has 2 heterocycles. The van der Waals surface area contributed by atoms with E-state index in [0.717, 1.165) is 4.88 Å². The third-order valence-electron chi connectivity index (χ3n) is 4.39. The molecule has 0 aliphatic carbocycles. The van der Waals surface area contributed by atoms with E-state index < -0.39 is 23.9 Å². The van der Waals surface area contributed by atoms with Crippen molar-refractivity contribution >= 4 is 34.9 Å². The summed E-state index contributed by atoms with van der Waals surface area (Å²) in [5.74, 6) is -0.916. The molecule has 0 radical (unpaired) electrons. The molecule has 6 nitrogen and oxygen atoms in total. The Morgan fingerprint density at radius 2 is 2.10 bits per heavy atom. The highest BCUT2D eigenvalue weighted by atomic mass is 35.5. The van der Waals surface area contributed by atoms with Gasteiger partial charge in [0.15, 0.2) is 0 Å². The maximum absolute atomic E-state index is 14.1. The molecule has 0 unspecified atom stereocenters. The molecule has 1 aromatic heterocycles. The van der Waals surface area contributed by atoms with Gasteiger partial charge in [-0.2, -0.15) is 0 Å². The molecule has 1 aliphatic rings. The Kier molecular flexibility index (Phi) is 6.89. The summed E-state index contributed by atoms with van der Waals surface area (Å²) in [7, 11) is 1.76. The zero-order valence-electron chi connectivity index (χ0n) is 16.0. The molecule has 0 bridgehead atoms. The number of carbonyl (C=O) groups is 2. The normalized spacial score (nSPS) is 16.6. The Hall–Kier alpha value is -2.42. The van der Waals surface area contributed by atoms with E-state index in [2.05, 4.69) is 10.6 Å². The number of likely N-dealkylation sites (N-methyl/N-ethyl adjacent to an activating group) is 1. The highest BCUT2D eigenvalue weighted by Gasteiger charge is 2.34. The molecule has 3 rings (SSSR count). The van der Waals surface area contributed by atoms with E-state index in [4.69, 9.17) is 16.3 Å².